The summed E-state index contributed by atoms with van der Waals surface area (Å²) in [4.78, 5) is 2.36. The summed E-state index contributed by atoms with van der Waals surface area (Å²) in [5, 5.41) is 0.754. The van der Waals surface area contributed by atoms with Crippen LogP contribution in [0, 0.1) is 0 Å². The molecule has 1 aromatic rings. The number of nitrogens with two attached hydrogens (primary N) is 1. The molecule has 0 radical (unpaired) electrons. The van der Waals surface area contributed by atoms with E-state index in [1.165, 1.54) is 5.56 Å². The lowest BCUT2D eigenvalue weighted by molar-refractivity contribution is -0.0403. The third-order valence-electron chi connectivity index (χ3n) is 3.15. The summed E-state index contributed by atoms with van der Waals surface area (Å²) < 4.78 is 6.58. The van der Waals surface area contributed by atoms with E-state index in [2.05, 4.69) is 26.9 Å². The second-order valence-corrected chi connectivity index (χ2v) is 6.01. The van der Waals surface area contributed by atoms with E-state index in [4.69, 9.17) is 22.1 Å². The molecule has 1 aliphatic heterocycles. The van der Waals surface area contributed by atoms with Crippen LogP contribution in [0.4, 0.5) is 0 Å². The number of rotatable bonds is 3. The normalized spacial score (nSPS) is 23.0. The Morgan fingerprint density at radius 2 is 2.39 bits per heavy atom. The van der Waals surface area contributed by atoms with Crippen molar-refractivity contribution in [3.05, 3.63) is 33.3 Å². The highest BCUT2D eigenvalue weighted by Gasteiger charge is 2.23. The van der Waals surface area contributed by atoms with Crippen LogP contribution in [0.25, 0.3) is 0 Å². The first-order chi connectivity index (χ1) is 8.56. The molecule has 1 aliphatic rings. The average molecular weight is 334 g/mol. The molecule has 2 atom stereocenters. The molecular formula is C13H18BrClN2O. The van der Waals surface area contributed by atoms with Gasteiger partial charge in [-0.2, -0.15) is 0 Å². The number of benzene rings is 1. The molecule has 3 nitrogen and oxygen atoms in total. The van der Waals surface area contributed by atoms with Gasteiger partial charge < -0.3 is 10.5 Å². The van der Waals surface area contributed by atoms with Gasteiger partial charge in [-0.25, -0.2) is 0 Å². The topological polar surface area (TPSA) is 38.5 Å². The number of morpholine rings is 1. The highest BCUT2D eigenvalue weighted by Crippen LogP contribution is 2.24. The lowest BCUT2D eigenvalue weighted by atomic mass is 10.1. The van der Waals surface area contributed by atoms with Crippen LogP contribution in [0.2, 0.25) is 5.02 Å². The van der Waals surface area contributed by atoms with Gasteiger partial charge in [-0.05, 0) is 40.5 Å². The molecule has 0 spiro atoms. The van der Waals surface area contributed by atoms with Crippen LogP contribution in [-0.2, 0) is 11.3 Å². The molecule has 2 rings (SSSR count). The van der Waals surface area contributed by atoms with Gasteiger partial charge in [0, 0.05) is 30.1 Å². The number of hydrogen-bond acceptors (Lipinski definition) is 3. The number of nitrogens with zero attached hydrogens (tertiary/aromatic N) is 1. The predicted octanol–water partition coefficient (Wildman–Crippen LogP) is 2.65. The van der Waals surface area contributed by atoms with Gasteiger partial charge in [-0.15, -0.1) is 0 Å². The largest absolute Gasteiger partial charge is 0.374 e. The van der Waals surface area contributed by atoms with Gasteiger partial charge in [0.1, 0.15) is 0 Å². The summed E-state index contributed by atoms with van der Waals surface area (Å²) in [7, 11) is 0. The van der Waals surface area contributed by atoms with E-state index in [1.807, 2.05) is 19.1 Å². The summed E-state index contributed by atoms with van der Waals surface area (Å²) in [6.07, 6.45) is 0.129. The lowest BCUT2D eigenvalue weighted by Gasteiger charge is -2.34. The summed E-state index contributed by atoms with van der Waals surface area (Å²) >= 11 is 9.50. The standard InChI is InChI=1S/C13H18BrClN2O/c1-9(16)13-8-17(4-5-18-13)7-10-2-3-11(14)12(15)6-10/h2-3,6,9,13H,4-5,7-8,16H2,1H3. The Morgan fingerprint density at radius 3 is 3.06 bits per heavy atom. The molecule has 0 bridgehead atoms. The molecule has 100 valence electrons. The highest BCUT2D eigenvalue weighted by molar-refractivity contribution is 9.10. The van der Waals surface area contributed by atoms with Crippen molar-refractivity contribution in [2.24, 2.45) is 5.73 Å². The maximum atomic E-state index is 6.10. The van der Waals surface area contributed by atoms with Crippen molar-refractivity contribution >= 4 is 27.5 Å². The Labute approximate surface area is 121 Å². The van der Waals surface area contributed by atoms with Gasteiger partial charge >= 0.3 is 0 Å². The van der Waals surface area contributed by atoms with Crippen LogP contribution in [0.3, 0.4) is 0 Å². The van der Waals surface area contributed by atoms with Gasteiger partial charge in [0.25, 0.3) is 0 Å². The fourth-order valence-corrected chi connectivity index (χ4v) is 2.54. The zero-order valence-corrected chi connectivity index (χ0v) is 12.7. The van der Waals surface area contributed by atoms with Gasteiger partial charge in [0.05, 0.1) is 17.7 Å². The summed E-state index contributed by atoms with van der Waals surface area (Å²) in [5.41, 5.74) is 7.10. The van der Waals surface area contributed by atoms with Crippen LogP contribution < -0.4 is 5.73 Å². The molecule has 0 amide bonds. The Morgan fingerprint density at radius 1 is 1.61 bits per heavy atom. The molecule has 5 heteroatoms. The van der Waals surface area contributed by atoms with E-state index in [0.717, 1.165) is 35.7 Å². The first-order valence-corrected chi connectivity index (χ1v) is 7.27. The molecule has 0 saturated carbocycles. The minimum absolute atomic E-state index is 0.0707. The van der Waals surface area contributed by atoms with E-state index in [1.54, 1.807) is 0 Å². The molecule has 1 fully saturated rings. The molecule has 18 heavy (non-hydrogen) atoms. The maximum absolute atomic E-state index is 6.10. The molecule has 2 unspecified atom stereocenters. The maximum Gasteiger partial charge on any atom is 0.0850 e. The quantitative estimate of drug-likeness (QED) is 0.924. The second-order valence-electron chi connectivity index (χ2n) is 4.75. The van der Waals surface area contributed by atoms with Crippen LogP contribution in [0.5, 0.6) is 0 Å². The van der Waals surface area contributed by atoms with Crippen molar-refractivity contribution in [2.45, 2.75) is 25.6 Å². The lowest BCUT2D eigenvalue weighted by Crippen LogP contribution is -2.49. The summed E-state index contributed by atoms with van der Waals surface area (Å²) in [6, 6.07) is 6.15. The van der Waals surface area contributed by atoms with Crippen molar-refractivity contribution in [2.75, 3.05) is 19.7 Å². The number of ether oxygens (including phenoxy) is 1. The average Bonchev–Trinajstić information content (AvgIpc) is 2.34. The monoisotopic (exact) mass is 332 g/mol. The summed E-state index contributed by atoms with van der Waals surface area (Å²) in [5.74, 6) is 0. The van der Waals surface area contributed by atoms with Crippen LogP contribution in [0.1, 0.15) is 12.5 Å². The van der Waals surface area contributed by atoms with Gasteiger partial charge in [0.15, 0.2) is 0 Å². The SMILES string of the molecule is CC(N)C1CN(Cc2ccc(Br)c(Cl)c2)CCO1. The molecule has 1 saturated heterocycles. The van der Waals surface area contributed by atoms with Crippen molar-refractivity contribution in [3.8, 4) is 0 Å². The fraction of sp³-hybridized carbons (Fsp3) is 0.538. The summed E-state index contributed by atoms with van der Waals surface area (Å²) in [6.45, 7) is 5.45. The highest BCUT2D eigenvalue weighted by atomic mass is 79.9. The Bertz CT molecular complexity index is 414. The van der Waals surface area contributed by atoms with E-state index in [-0.39, 0.29) is 12.1 Å². The Kier molecular flexibility index (Phi) is 5.04. The minimum Gasteiger partial charge on any atom is -0.374 e. The van der Waals surface area contributed by atoms with Gasteiger partial charge in [0.2, 0.25) is 0 Å². The van der Waals surface area contributed by atoms with E-state index in [0.29, 0.717) is 0 Å². The molecule has 0 aliphatic carbocycles. The van der Waals surface area contributed by atoms with Crippen LogP contribution in [-0.4, -0.2) is 36.7 Å². The zero-order chi connectivity index (χ0) is 13.1. The van der Waals surface area contributed by atoms with Crippen LogP contribution in [0.15, 0.2) is 22.7 Å². The smallest absolute Gasteiger partial charge is 0.0850 e. The first-order valence-electron chi connectivity index (χ1n) is 6.09. The van der Waals surface area contributed by atoms with Crippen LogP contribution >= 0.6 is 27.5 Å². The minimum atomic E-state index is 0.0707. The third kappa shape index (κ3) is 3.68. The number of hydrogen-bond donors (Lipinski definition) is 1. The molecular weight excluding hydrogens is 316 g/mol. The number of halogens is 2. The first kappa shape index (κ1) is 14.3. The van der Waals surface area contributed by atoms with Crippen molar-refractivity contribution in [1.29, 1.82) is 0 Å². The van der Waals surface area contributed by atoms with Crippen molar-refractivity contribution < 1.29 is 4.74 Å². The van der Waals surface area contributed by atoms with E-state index < -0.39 is 0 Å². The molecule has 1 aromatic carbocycles. The zero-order valence-electron chi connectivity index (χ0n) is 10.4. The Balaban J connectivity index is 1.98. The molecule has 2 N–H and O–H groups in total. The van der Waals surface area contributed by atoms with Crippen molar-refractivity contribution in [1.82, 2.24) is 4.90 Å². The molecule has 0 aromatic heterocycles. The predicted molar refractivity (Wildman–Crippen MR) is 77.8 cm³/mol. The fourth-order valence-electron chi connectivity index (χ4n) is 2.09. The third-order valence-corrected chi connectivity index (χ3v) is 4.39. The van der Waals surface area contributed by atoms with Gasteiger partial charge in [-0.1, -0.05) is 17.7 Å². The Hall–Kier alpha value is -0.130. The van der Waals surface area contributed by atoms with Crippen molar-refractivity contribution in [3.63, 3.8) is 0 Å². The van der Waals surface area contributed by atoms with E-state index in [9.17, 15) is 0 Å². The molecule has 1 heterocycles. The van der Waals surface area contributed by atoms with Gasteiger partial charge in [-0.3, -0.25) is 4.90 Å². The van der Waals surface area contributed by atoms with E-state index >= 15 is 0 Å². The second kappa shape index (κ2) is 6.35.